The van der Waals surface area contributed by atoms with Gasteiger partial charge in [0.25, 0.3) is 0 Å². The van der Waals surface area contributed by atoms with Gasteiger partial charge in [-0.05, 0) is 57.1 Å². The minimum absolute atomic E-state index is 0. The Morgan fingerprint density at radius 1 is 1.13 bits per heavy atom. The predicted molar refractivity (Wildman–Crippen MR) is 128 cm³/mol. The van der Waals surface area contributed by atoms with Crippen molar-refractivity contribution >= 4 is 35.6 Å². The molecule has 30 heavy (non-hydrogen) atoms. The summed E-state index contributed by atoms with van der Waals surface area (Å²) in [6.07, 6.45) is 7.51. The van der Waals surface area contributed by atoms with E-state index in [4.69, 9.17) is 9.41 Å². The van der Waals surface area contributed by atoms with Crippen molar-refractivity contribution in [2.24, 2.45) is 4.99 Å². The molecule has 9 heteroatoms. The minimum atomic E-state index is 0. The fraction of sp³-hybridized carbons (Fsp3) is 0.476. The summed E-state index contributed by atoms with van der Waals surface area (Å²) < 4.78 is 7.71. The van der Waals surface area contributed by atoms with Crippen LogP contribution in [-0.4, -0.2) is 51.6 Å². The smallest absolute Gasteiger partial charge is 0.191 e. The van der Waals surface area contributed by atoms with Crippen LogP contribution in [0.2, 0.25) is 0 Å². The number of pyridine rings is 1. The van der Waals surface area contributed by atoms with E-state index in [1.54, 1.807) is 6.26 Å². The van der Waals surface area contributed by atoms with Crippen LogP contribution in [0.3, 0.4) is 0 Å². The molecule has 1 saturated heterocycles. The number of aromatic nitrogens is 3. The summed E-state index contributed by atoms with van der Waals surface area (Å²) in [5.41, 5.74) is 0.832. The Kier molecular flexibility index (Phi) is 8.50. The Morgan fingerprint density at radius 2 is 2.00 bits per heavy atom. The number of halogens is 1. The number of piperidine rings is 1. The second-order valence-corrected chi connectivity index (χ2v) is 7.25. The first kappa shape index (κ1) is 22.5. The van der Waals surface area contributed by atoms with Crippen LogP contribution >= 0.6 is 24.0 Å². The van der Waals surface area contributed by atoms with E-state index in [2.05, 4.69) is 38.7 Å². The highest BCUT2D eigenvalue weighted by Gasteiger charge is 2.24. The molecule has 0 saturated carbocycles. The molecule has 0 amide bonds. The number of furan rings is 1. The Bertz CT molecular complexity index is 918. The summed E-state index contributed by atoms with van der Waals surface area (Å²) in [6, 6.07) is 10.1. The highest BCUT2D eigenvalue weighted by Crippen LogP contribution is 2.24. The van der Waals surface area contributed by atoms with E-state index >= 15 is 0 Å². The molecule has 1 atom stereocenters. The molecule has 0 bridgehead atoms. The maximum atomic E-state index is 5.74. The Labute approximate surface area is 194 Å². The molecule has 0 radical (unpaired) electrons. The van der Waals surface area contributed by atoms with Crippen molar-refractivity contribution in [2.45, 2.75) is 38.8 Å². The van der Waals surface area contributed by atoms with Gasteiger partial charge in [0.1, 0.15) is 12.3 Å². The van der Waals surface area contributed by atoms with Crippen LogP contribution in [0.4, 0.5) is 0 Å². The standard InChI is InChI=1S/C21H29N7O.HI/c1-2-22-21(24-16-20-26-25-19-10-4-7-13-28(19)20)23-15-17(18-9-8-14-29-18)27-11-5-3-6-12-27;/h4,7-10,13-14,17H,2-3,5-6,11-12,15-16H2,1H3,(H2,22,23,24);1H. The number of likely N-dealkylation sites (tertiary alicyclic amines) is 1. The van der Waals surface area contributed by atoms with Crippen molar-refractivity contribution < 1.29 is 4.42 Å². The first-order valence-electron chi connectivity index (χ1n) is 10.4. The molecule has 1 aliphatic rings. The van der Waals surface area contributed by atoms with Crippen LogP contribution in [0.1, 0.15) is 43.8 Å². The van der Waals surface area contributed by atoms with Gasteiger partial charge < -0.3 is 15.1 Å². The number of hydrogen-bond donors (Lipinski definition) is 2. The molecule has 2 N–H and O–H groups in total. The van der Waals surface area contributed by atoms with Crippen molar-refractivity contribution in [1.29, 1.82) is 0 Å². The predicted octanol–water partition coefficient (Wildman–Crippen LogP) is 3.22. The zero-order valence-corrected chi connectivity index (χ0v) is 19.7. The van der Waals surface area contributed by atoms with E-state index in [0.29, 0.717) is 6.54 Å². The van der Waals surface area contributed by atoms with Gasteiger partial charge in [-0.2, -0.15) is 0 Å². The molecule has 3 aromatic heterocycles. The van der Waals surface area contributed by atoms with Crippen LogP contribution in [0.15, 0.2) is 52.2 Å². The summed E-state index contributed by atoms with van der Waals surface area (Å²) in [5.74, 6) is 2.59. The molecule has 4 heterocycles. The molecule has 1 aliphatic heterocycles. The topological polar surface area (TPSA) is 83.0 Å². The maximum Gasteiger partial charge on any atom is 0.191 e. The average Bonchev–Trinajstić information content (AvgIpc) is 3.43. The minimum Gasteiger partial charge on any atom is -0.468 e. The zero-order valence-electron chi connectivity index (χ0n) is 17.3. The number of rotatable bonds is 7. The Hall–Kier alpha value is -2.14. The summed E-state index contributed by atoms with van der Waals surface area (Å²) in [5, 5.41) is 15.3. The molecule has 8 nitrogen and oxygen atoms in total. The van der Waals surface area contributed by atoms with Crippen LogP contribution < -0.4 is 10.6 Å². The number of nitrogens with one attached hydrogen (secondary N) is 2. The van der Waals surface area contributed by atoms with Crippen molar-refractivity contribution in [1.82, 2.24) is 30.1 Å². The highest BCUT2D eigenvalue weighted by molar-refractivity contribution is 14.0. The number of guanidine groups is 1. The SMILES string of the molecule is CCNC(=NCc1nnc2ccccn12)NCC(c1ccco1)N1CCCCC1.I. The lowest BCUT2D eigenvalue weighted by Gasteiger charge is -2.33. The normalized spacial score (nSPS) is 16.2. The molecule has 0 aromatic carbocycles. The largest absolute Gasteiger partial charge is 0.468 e. The van der Waals surface area contributed by atoms with E-state index < -0.39 is 0 Å². The zero-order chi connectivity index (χ0) is 19.9. The van der Waals surface area contributed by atoms with Gasteiger partial charge in [-0.3, -0.25) is 9.30 Å². The lowest BCUT2D eigenvalue weighted by Crippen LogP contribution is -2.44. The average molecular weight is 523 g/mol. The highest BCUT2D eigenvalue weighted by atomic mass is 127. The Morgan fingerprint density at radius 3 is 2.77 bits per heavy atom. The van der Waals surface area contributed by atoms with Crippen LogP contribution in [0.25, 0.3) is 5.65 Å². The lowest BCUT2D eigenvalue weighted by molar-refractivity contribution is 0.146. The van der Waals surface area contributed by atoms with Gasteiger partial charge in [0.15, 0.2) is 17.4 Å². The first-order valence-corrected chi connectivity index (χ1v) is 10.4. The van der Waals surface area contributed by atoms with Gasteiger partial charge in [0.2, 0.25) is 0 Å². The number of fused-ring (bicyclic) bond motifs is 1. The summed E-state index contributed by atoms with van der Waals surface area (Å²) in [6.45, 7) is 6.26. The third-order valence-corrected chi connectivity index (χ3v) is 5.27. The molecule has 1 fully saturated rings. The summed E-state index contributed by atoms with van der Waals surface area (Å²) in [7, 11) is 0. The molecular formula is C21H30IN7O. The fourth-order valence-electron chi connectivity index (χ4n) is 3.80. The van der Waals surface area contributed by atoms with Crippen molar-refractivity contribution in [2.75, 3.05) is 26.2 Å². The van der Waals surface area contributed by atoms with Gasteiger partial charge in [-0.1, -0.05) is 12.5 Å². The van der Waals surface area contributed by atoms with Gasteiger partial charge >= 0.3 is 0 Å². The Balaban J connectivity index is 0.00000256. The van der Waals surface area contributed by atoms with Gasteiger partial charge in [0.05, 0.1) is 12.3 Å². The number of hydrogen-bond acceptors (Lipinski definition) is 5. The molecular weight excluding hydrogens is 493 g/mol. The van der Waals surface area contributed by atoms with E-state index in [1.165, 1.54) is 19.3 Å². The molecule has 1 unspecified atom stereocenters. The van der Waals surface area contributed by atoms with Crippen LogP contribution in [0, 0.1) is 0 Å². The number of nitrogens with zero attached hydrogens (tertiary/aromatic N) is 5. The van der Waals surface area contributed by atoms with Crippen LogP contribution in [-0.2, 0) is 6.54 Å². The van der Waals surface area contributed by atoms with Gasteiger partial charge in [0, 0.05) is 19.3 Å². The third kappa shape index (κ3) is 5.51. The maximum absolute atomic E-state index is 5.74. The molecule has 0 spiro atoms. The monoisotopic (exact) mass is 523 g/mol. The van der Waals surface area contributed by atoms with Gasteiger partial charge in [-0.15, -0.1) is 34.2 Å². The second kappa shape index (κ2) is 11.3. The fourth-order valence-corrected chi connectivity index (χ4v) is 3.80. The van der Waals surface area contributed by atoms with E-state index in [9.17, 15) is 0 Å². The van der Waals surface area contributed by atoms with Crippen LogP contribution in [0.5, 0.6) is 0 Å². The molecule has 3 aromatic rings. The second-order valence-electron chi connectivity index (χ2n) is 7.25. The van der Waals surface area contributed by atoms with E-state index in [0.717, 1.165) is 49.4 Å². The van der Waals surface area contributed by atoms with E-state index in [1.807, 2.05) is 34.9 Å². The number of aliphatic imine (C=N–C) groups is 1. The third-order valence-electron chi connectivity index (χ3n) is 5.27. The summed E-state index contributed by atoms with van der Waals surface area (Å²) in [4.78, 5) is 7.23. The molecule has 4 rings (SSSR count). The van der Waals surface area contributed by atoms with Gasteiger partial charge in [-0.25, -0.2) is 4.99 Å². The lowest BCUT2D eigenvalue weighted by atomic mass is 10.1. The van der Waals surface area contributed by atoms with Crippen molar-refractivity contribution in [3.8, 4) is 0 Å². The summed E-state index contributed by atoms with van der Waals surface area (Å²) >= 11 is 0. The first-order chi connectivity index (χ1) is 14.3. The van der Waals surface area contributed by atoms with Crippen molar-refractivity contribution in [3.63, 3.8) is 0 Å². The van der Waals surface area contributed by atoms with Crippen molar-refractivity contribution in [3.05, 3.63) is 54.4 Å². The van der Waals surface area contributed by atoms with E-state index in [-0.39, 0.29) is 30.0 Å². The molecule has 0 aliphatic carbocycles. The molecule has 162 valence electrons. The quantitative estimate of drug-likeness (QED) is 0.281.